The predicted molar refractivity (Wildman–Crippen MR) is 82.8 cm³/mol. The van der Waals surface area contributed by atoms with Crippen LogP contribution in [0.3, 0.4) is 0 Å². The van der Waals surface area contributed by atoms with Crippen LogP contribution in [0.15, 0.2) is 54.7 Å². The molecule has 0 atom stereocenters. The van der Waals surface area contributed by atoms with Gasteiger partial charge >= 0.3 is 0 Å². The molecule has 1 heterocycles. The molecule has 0 aliphatic rings. The second-order valence-electron chi connectivity index (χ2n) is 4.88. The molecule has 4 nitrogen and oxygen atoms in total. The third-order valence-electron chi connectivity index (χ3n) is 3.33. The van der Waals surface area contributed by atoms with E-state index in [1.165, 1.54) is 0 Å². The lowest BCUT2D eigenvalue weighted by Gasteiger charge is -2.18. The molecule has 0 aliphatic carbocycles. The number of hydrogen-bond donors (Lipinski definition) is 0. The normalized spacial score (nSPS) is 10.3. The van der Waals surface area contributed by atoms with Gasteiger partial charge in [-0.2, -0.15) is 5.26 Å². The van der Waals surface area contributed by atoms with Crippen molar-refractivity contribution in [1.82, 2.24) is 9.97 Å². The Morgan fingerprint density at radius 2 is 1.76 bits per heavy atom. The molecule has 21 heavy (non-hydrogen) atoms. The van der Waals surface area contributed by atoms with E-state index in [9.17, 15) is 0 Å². The van der Waals surface area contributed by atoms with Crippen LogP contribution in [0.1, 0.15) is 11.1 Å². The van der Waals surface area contributed by atoms with Crippen LogP contribution in [0.2, 0.25) is 0 Å². The van der Waals surface area contributed by atoms with Crippen LogP contribution in [0, 0.1) is 11.3 Å². The van der Waals surface area contributed by atoms with E-state index in [2.05, 4.69) is 16.0 Å². The summed E-state index contributed by atoms with van der Waals surface area (Å²) in [4.78, 5) is 11.1. The van der Waals surface area contributed by atoms with E-state index < -0.39 is 0 Å². The monoisotopic (exact) mass is 274 g/mol. The molecule has 0 aliphatic heterocycles. The summed E-state index contributed by atoms with van der Waals surface area (Å²) >= 11 is 0. The summed E-state index contributed by atoms with van der Waals surface area (Å²) in [5, 5.41) is 8.81. The molecule has 0 N–H and O–H groups in total. The number of nitrogens with zero attached hydrogens (tertiary/aromatic N) is 4. The van der Waals surface area contributed by atoms with Crippen molar-refractivity contribution in [3.8, 4) is 6.07 Å². The van der Waals surface area contributed by atoms with E-state index in [4.69, 9.17) is 5.26 Å². The Balaban J connectivity index is 1.82. The van der Waals surface area contributed by atoms with Gasteiger partial charge in [0.25, 0.3) is 0 Å². The number of aromatic nitrogens is 2. The molecule has 0 saturated carbocycles. The molecule has 0 spiro atoms. The van der Waals surface area contributed by atoms with Gasteiger partial charge in [0.05, 0.1) is 28.9 Å². The summed E-state index contributed by atoms with van der Waals surface area (Å²) < 4.78 is 0. The molecule has 3 rings (SSSR count). The first kappa shape index (κ1) is 13.1. The minimum absolute atomic E-state index is 0.673. The quantitative estimate of drug-likeness (QED) is 0.736. The lowest BCUT2D eigenvalue weighted by Crippen LogP contribution is -2.17. The molecule has 0 fully saturated rings. The summed E-state index contributed by atoms with van der Waals surface area (Å²) in [6.45, 7) is 0.721. The second kappa shape index (κ2) is 5.59. The Hall–Kier alpha value is -2.93. The van der Waals surface area contributed by atoms with Crippen molar-refractivity contribution in [2.45, 2.75) is 6.54 Å². The van der Waals surface area contributed by atoms with Crippen LogP contribution in [-0.2, 0) is 6.54 Å². The zero-order valence-electron chi connectivity index (χ0n) is 11.7. The van der Waals surface area contributed by atoms with Crippen LogP contribution in [0.5, 0.6) is 0 Å². The summed E-state index contributed by atoms with van der Waals surface area (Å²) in [5.41, 5.74) is 3.59. The van der Waals surface area contributed by atoms with Crippen molar-refractivity contribution in [3.63, 3.8) is 0 Å². The Morgan fingerprint density at radius 1 is 1.05 bits per heavy atom. The molecular formula is C17H14N4. The van der Waals surface area contributed by atoms with Gasteiger partial charge in [-0.1, -0.05) is 24.3 Å². The van der Waals surface area contributed by atoms with E-state index in [1.54, 1.807) is 6.20 Å². The fraction of sp³-hybridized carbons (Fsp3) is 0.118. The van der Waals surface area contributed by atoms with Gasteiger partial charge in [-0.3, -0.25) is 4.98 Å². The average Bonchev–Trinajstić information content (AvgIpc) is 2.55. The molecule has 0 unspecified atom stereocenters. The highest BCUT2D eigenvalue weighted by Gasteiger charge is 2.05. The SMILES string of the molecule is CN(Cc1ccc(C#N)cc1)c1cnc2ccccc2n1. The van der Waals surface area contributed by atoms with Crippen LogP contribution < -0.4 is 4.90 Å². The van der Waals surface area contributed by atoms with Crippen LogP contribution >= 0.6 is 0 Å². The van der Waals surface area contributed by atoms with Crippen molar-refractivity contribution >= 4 is 16.9 Å². The first-order chi connectivity index (χ1) is 10.3. The van der Waals surface area contributed by atoms with Gasteiger partial charge in [0, 0.05) is 13.6 Å². The summed E-state index contributed by atoms with van der Waals surface area (Å²) in [7, 11) is 1.98. The molecule has 3 aromatic rings. The van der Waals surface area contributed by atoms with E-state index in [-0.39, 0.29) is 0 Å². The maximum Gasteiger partial charge on any atom is 0.147 e. The van der Waals surface area contributed by atoms with Crippen LogP contribution in [-0.4, -0.2) is 17.0 Å². The smallest absolute Gasteiger partial charge is 0.147 e. The molecule has 0 bridgehead atoms. The standard InChI is InChI=1S/C17H14N4/c1-21(12-14-8-6-13(10-18)7-9-14)17-11-19-15-4-2-3-5-16(15)20-17/h2-9,11H,12H2,1H3. The largest absolute Gasteiger partial charge is 0.354 e. The van der Waals surface area contributed by atoms with Crippen molar-refractivity contribution in [2.24, 2.45) is 0 Å². The highest BCUT2D eigenvalue weighted by Crippen LogP contribution is 2.16. The average molecular weight is 274 g/mol. The Morgan fingerprint density at radius 3 is 2.48 bits per heavy atom. The van der Waals surface area contributed by atoms with Gasteiger partial charge in [0.15, 0.2) is 0 Å². The van der Waals surface area contributed by atoms with E-state index in [0.717, 1.165) is 29.0 Å². The molecule has 0 radical (unpaired) electrons. The number of nitriles is 1. The van der Waals surface area contributed by atoms with Crippen molar-refractivity contribution in [1.29, 1.82) is 5.26 Å². The second-order valence-corrected chi connectivity index (χ2v) is 4.88. The highest BCUT2D eigenvalue weighted by atomic mass is 15.2. The maximum atomic E-state index is 8.81. The number of benzene rings is 2. The number of anilines is 1. The van der Waals surface area contributed by atoms with Gasteiger partial charge in [-0.15, -0.1) is 0 Å². The highest BCUT2D eigenvalue weighted by molar-refractivity contribution is 5.75. The number of para-hydroxylation sites is 2. The van der Waals surface area contributed by atoms with Gasteiger partial charge < -0.3 is 4.90 Å². The summed E-state index contributed by atoms with van der Waals surface area (Å²) in [5.74, 6) is 0.832. The molecule has 2 aromatic carbocycles. The fourth-order valence-electron chi connectivity index (χ4n) is 2.17. The number of rotatable bonds is 3. The van der Waals surface area contributed by atoms with Crippen molar-refractivity contribution in [2.75, 3.05) is 11.9 Å². The van der Waals surface area contributed by atoms with Gasteiger partial charge in [-0.25, -0.2) is 4.98 Å². The molecule has 102 valence electrons. The van der Waals surface area contributed by atoms with Gasteiger partial charge in [0.1, 0.15) is 5.82 Å². The molecule has 1 aromatic heterocycles. The zero-order valence-corrected chi connectivity index (χ0v) is 11.7. The predicted octanol–water partition coefficient (Wildman–Crippen LogP) is 3.14. The Bertz CT molecular complexity index is 803. The fourth-order valence-corrected chi connectivity index (χ4v) is 2.17. The maximum absolute atomic E-state index is 8.81. The van der Waals surface area contributed by atoms with Crippen LogP contribution in [0.4, 0.5) is 5.82 Å². The minimum atomic E-state index is 0.673. The lowest BCUT2D eigenvalue weighted by atomic mass is 10.1. The van der Waals surface area contributed by atoms with Gasteiger partial charge in [0.2, 0.25) is 0 Å². The van der Waals surface area contributed by atoms with Crippen LogP contribution in [0.25, 0.3) is 11.0 Å². The van der Waals surface area contributed by atoms with E-state index >= 15 is 0 Å². The first-order valence-corrected chi connectivity index (χ1v) is 6.68. The third kappa shape index (κ3) is 2.82. The third-order valence-corrected chi connectivity index (χ3v) is 3.33. The lowest BCUT2D eigenvalue weighted by molar-refractivity contribution is 0.897. The molecule has 0 amide bonds. The van der Waals surface area contributed by atoms with Gasteiger partial charge in [-0.05, 0) is 29.8 Å². The Kier molecular flexibility index (Phi) is 3.48. The minimum Gasteiger partial charge on any atom is -0.354 e. The zero-order chi connectivity index (χ0) is 14.7. The Labute approximate surface area is 123 Å². The van der Waals surface area contributed by atoms with E-state index in [0.29, 0.717) is 5.56 Å². The molecule has 4 heteroatoms. The number of fused-ring (bicyclic) bond motifs is 1. The topological polar surface area (TPSA) is 52.8 Å². The summed E-state index contributed by atoms with van der Waals surface area (Å²) in [6.07, 6.45) is 1.78. The van der Waals surface area contributed by atoms with Crippen molar-refractivity contribution < 1.29 is 0 Å². The first-order valence-electron chi connectivity index (χ1n) is 6.68. The summed E-state index contributed by atoms with van der Waals surface area (Å²) in [6, 6.07) is 17.5. The molecular weight excluding hydrogens is 260 g/mol. The molecule has 0 saturated heterocycles. The number of hydrogen-bond acceptors (Lipinski definition) is 4. The van der Waals surface area contributed by atoms with E-state index in [1.807, 2.05) is 60.5 Å². The van der Waals surface area contributed by atoms with Crippen molar-refractivity contribution in [3.05, 3.63) is 65.9 Å².